The summed E-state index contributed by atoms with van der Waals surface area (Å²) in [6.45, 7) is 1.04. The van der Waals surface area contributed by atoms with E-state index in [0.29, 0.717) is 5.54 Å². The molecule has 0 radical (unpaired) electrons. The first kappa shape index (κ1) is 8.89. The molecule has 1 aliphatic heterocycles. The van der Waals surface area contributed by atoms with Crippen LogP contribution in [0.25, 0.3) is 0 Å². The van der Waals surface area contributed by atoms with Gasteiger partial charge in [0.2, 0.25) is 0 Å². The first-order chi connectivity index (χ1) is 7.27. The molecule has 1 aromatic carbocycles. The average molecular weight is 204 g/mol. The summed E-state index contributed by atoms with van der Waals surface area (Å²) < 4.78 is 5.36. The third-order valence-corrected chi connectivity index (χ3v) is 3.72. The smallest absolute Gasteiger partial charge is 0.144 e. The zero-order valence-corrected chi connectivity index (χ0v) is 9.21. The van der Waals surface area contributed by atoms with Crippen molar-refractivity contribution in [3.8, 4) is 5.75 Å². The molecule has 1 N–H and O–H groups in total. The number of para-hydroxylation sites is 1. The van der Waals surface area contributed by atoms with Crippen LogP contribution < -0.4 is 15.0 Å². The number of methoxy groups -OCH3 is 1. The maximum Gasteiger partial charge on any atom is 0.144 e. The molecule has 1 spiro atoms. The van der Waals surface area contributed by atoms with E-state index in [1.54, 1.807) is 7.11 Å². The average Bonchev–Trinajstić information content (AvgIpc) is 3.04. The summed E-state index contributed by atoms with van der Waals surface area (Å²) in [6.07, 6.45) is 2.60. The van der Waals surface area contributed by atoms with Crippen molar-refractivity contribution in [1.82, 2.24) is 0 Å². The van der Waals surface area contributed by atoms with E-state index in [2.05, 4.69) is 29.4 Å². The first-order valence-corrected chi connectivity index (χ1v) is 5.42. The van der Waals surface area contributed by atoms with Crippen molar-refractivity contribution >= 4 is 11.4 Å². The van der Waals surface area contributed by atoms with E-state index in [9.17, 15) is 0 Å². The maximum atomic E-state index is 5.36. The third-order valence-electron chi connectivity index (χ3n) is 3.72. The molecule has 1 fully saturated rings. The van der Waals surface area contributed by atoms with Gasteiger partial charge in [-0.1, -0.05) is 6.07 Å². The highest BCUT2D eigenvalue weighted by Crippen LogP contribution is 2.50. The minimum atomic E-state index is 0.388. The van der Waals surface area contributed by atoms with Crippen molar-refractivity contribution in [1.29, 1.82) is 0 Å². The van der Waals surface area contributed by atoms with Crippen LogP contribution in [0.1, 0.15) is 12.8 Å². The molecule has 1 saturated carbocycles. The number of ether oxygens (including phenoxy) is 1. The molecule has 80 valence electrons. The van der Waals surface area contributed by atoms with Gasteiger partial charge in [0.1, 0.15) is 11.4 Å². The minimum Gasteiger partial charge on any atom is -0.495 e. The standard InChI is InChI=1S/C12H16N2O/c1-14-9-4-3-5-10(15-2)11(9)13-8-12(14)6-7-12/h3-5,13H,6-8H2,1-2H3. The Morgan fingerprint density at radius 3 is 2.87 bits per heavy atom. The van der Waals surface area contributed by atoms with Crippen molar-refractivity contribution in [2.45, 2.75) is 18.4 Å². The molecular weight excluding hydrogens is 188 g/mol. The molecule has 15 heavy (non-hydrogen) atoms. The van der Waals surface area contributed by atoms with E-state index in [0.717, 1.165) is 18.0 Å². The van der Waals surface area contributed by atoms with Gasteiger partial charge in [-0.15, -0.1) is 0 Å². The van der Waals surface area contributed by atoms with Crippen LogP contribution in [0.3, 0.4) is 0 Å². The second-order valence-electron chi connectivity index (χ2n) is 4.49. The molecule has 1 aliphatic carbocycles. The molecule has 0 atom stereocenters. The Morgan fingerprint density at radius 1 is 1.40 bits per heavy atom. The maximum absolute atomic E-state index is 5.36. The van der Waals surface area contributed by atoms with Gasteiger partial charge in [-0.25, -0.2) is 0 Å². The second kappa shape index (κ2) is 2.81. The Hall–Kier alpha value is -1.38. The van der Waals surface area contributed by atoms with Gasteiger partial charge in [-0.2, -0.15) is 0 Å². The van der Waals surface area contributed by atoms with Gasteiger partial charge in [0, 0.05) is 13.6 Å². The van der Waals surface area contributed by atoms with Crippen LogP contribution in [0.2, 0.25) is 0 Å². The SMILES string of the molecule is COc1cccc2c1NCC1(CC1)N2C. The highest BCUT2D eigenvalue weighted by Gasteiger charge is 2.49. The highest BCUT2D eigenvalue weighted by molar-refractivity contribution is 5.80. The van der Waals surface area contributed by atoms with Crippen LogP contribution in [0, 0.1) is 0 Å². The van der Waals surface area contributed by atoms with Gasteiger partial charge >= 0.3 is 0 Å². The summed E-state index contributed by atoms with van der Waals surface area (Å²) in [7, 11) is 3.91. The minimum absolute atomic E-state index is 0.388. The Labute approximate surface area is 90.0 Å². The van der Waals surface area contributed by atoms with E-state index >= 15 is 0 Å². The number of anilines is 2. The number of hydrogen-bond acceptors (Lipinski definition) is 3. The van der Waals surface area contributed by atoms with E-state index in [4.69, 9.17) is 4.74 Å². The Balaban J connectivity index is 2.08. The van der Waals surface area contributed by atoms with Crippen LogP contribution in [0.5, 0.6) is 5.75 Å². The van der Waals surface area contributed by atoms with E-state index < -0.39 is 0 Å². The zero-order valence-electron chi connectivity index (χ0n) is 9.21. The van der Waals surface area contributed by atoms with Crippen LogP contribution in [-0.4, -0.2) is 26.2 Å². The van der Waals surface area contributed by atoms with E-state index in [1.807, 2.05) is 6.07 Å². The predicted octanol–water partition coefficient (Wildman–Crippen LogP) is 2.09. The molecule has 0 aromatic heterocycles. The number of hydrogen-bond donors (Lipinski definition) is 1. The Kier molecular flexibility index (Phi) is 1.67. The molecule has 2 aliphatic rings. The van der Waals surface area contributed by atoms with Crippen molar-refractivity contribution in [3.63, 3.8) is 0 Å². The molecule has 0 amide bonds. The van der Waals surface area contributed by atoms with Crippen molar-refractivity contribution in [3.05, 3.63) is 18.2 Å². The molecule has 1 aromatic rings. The molecule has 0 saturated heterocycles. The first-order valence-electron chi connectivity index (χ1n) is 5.42. The Morgan fingerprint density at radius 2 is 2.20 bits per heavy atom. The fourth-order valence-corrected chi connectivity index (χ4v) is 2.43. The summed E-state index contributed by atoms with van der Waals surface area (Å²) in [5.74, 6) is 0.940. The molecular formula is C12H16N2O. The number of rotatable bonds is 1. The lowest BCUT2D eigenvalue weighted by molar-refractivity contribution is 0.415. The number of nitrogens with one attached hydrogen (secondary N) is 1. The van der Waals surface area contributed by atoms with Gasteiger partial charge < -0.3 is 15.0 Å². The van der Waals surface area contributed by atoms with Crippen molar-refractivity contribution in [2.24, 2.45) is 0 Å². The molecule has 0 unspecified atom stereocenters. The van der Waals surface area contributed by atoms with Crippen molar-refractivity contribution < 1.29 is 4.74 Å². The topological polar surface area (TPSA) is 24.5 Å². The molecule has 1 heterocycles. The molecule has 0 bridgehead atoms. The predicted molar refractivity (Wildman–Crippen MR) is 61.9 cm³/mol. The van der Waals surface area contributed by atoms with Gasteiger partial charge in [-0.3, -0.25) is 0 Å². The van der Waals surface area contributed by atoms with Crippen LogP contribution in [0.15, 0.2) is 18.2 Å². The largest absolute Gasteiger partial charge is 0.495 e. The van der Waals surface area contributed by atoms with Gasteiger partial charge in [0.15, 0.2) is 0 Å². The van der Waals surface area contributed by atoms with Crippen molar-refractivity contribution in [2.75, 3.05) is 30.9 Å². The van der Waals surface area contributed by atoms with E-state index in [1.165, 1.54) is 18.5 Å². The lowest BCUT2D eigenvalue weighted by Gasteiger charge is -2.37. The monoisotopic (exact) mass is 204 g/mol. The fourth-order valence-electron chi connectivity index (χ4n) is 2.43. The van der Waals surface area contributed by atoms with Gasteiger partial charge in [0.05, 0.1) is 18.3 Å². The van der Waals surface area contributed by atoms with Gasteiger partial charge in [-0.05, 0) is 25.0 Å². The third kappa shape index (κ3) is 1.12. The second-order valence-corrected chi connectivity index (χ2v) is 4.49. The summed E-state index contributed by atoms with van der Waals surface area (Å²) in [5, 5.41) is 3.50. The quantitative estimate of drug-likeness (QED) is 0.758. The lowest BCUT2D eigenvalue weighted by Crippen LogP contribution is -2.43. The van der Waals surface area contributed by atoms with Crippen LogP contribution >= 0.6 is 0 Å². The number of benzene rings is 1. The summed E-state index contributed by atoms with van der Waals surface area (Å²) in [5.41, 5.74) is 2.79. The normalized spacial score (nSPS) is 20.8. The van der Waals surface area contributed by atoms with E-state index in [-0.39, 0.29) is 0 Å². The molecule has 3 rings (SSSR count). The number of fused-ring (bicyclic) bond motifs is 1. The highest BCUT2D eigenvalue weighted by atomic mass is 16.5. The zero-order chi connectivity index (χ0) is 10.5. The molecule has 3 heteroatoms. The number of likely N-dealkylation sites (N-methyl/N-ethyl adjacent to an activating group) is 1. The summed E-state index contributed by atoms with van der Waals surface area (Å²) in [4.78, 5) is 2.40. The fraction of sp³-hybridized carbons (Fsp3) is 0.500. The molecule has 3 nitrogen and oxygen atoms in total. The lowest BCUT2D eigenvalue weighted by atomic mass is 10.1. The van der Waals surface area contributed by atoms with Gasteiger partial charge in [0.25, 0.3) is 0 Å². The van der Waals surface area contributed by atoms with Crippen LogP contribution in [0.4, 0.5) is 11.4 Å². The summed E-state index contributed by atoms with van der Waals surface area (Å²) in [6, 6.07) is 6.21. The van der Waals surface area contributed by atoms with Crippen LogP contribution in [-0.2, 0) is 0 Å². The number of nitrogens with zero attached hydrogens (tertiary/aromatic N) is 1. The Bertz CT molecular complexity index is 399. The summed E-state index contributed by atoms with van der Waals surface area (Å²) >= 11 is 0.